The Balaban J connectivity index is 0.000000307. The average molecular weight is 336 g/mol. The van der Waals surface area contributed by atoms with Crippen LogP contribution in [0.1, 0.15) is 31.2 Å². The minimum absolute atomic E-state index is 0.0173. The quantitative estimate of drug-likeness (QED) is 0.371. The van der Waals surface area contributed by atoms with Crippen molar-refractivity contribution in [1.82, 2.24) is 5.01 Å². The second kappa shape index (κ2) is 9.17. The second-order valence-electron chi connectivity index (χ2n) is 5.73. The minimum Gasteiger partial charge on any atom is -0.478 e. The standard InChI is InChI=1S/C13H20N2O.C4H4O4/c1-15(14)12-9-5-6-10-13(12,16)11-7-3-2-4-8-11;5-3(6)1-2-4(7)8/h2-4,7-8,12,16H,5-6,9-10,14H2,1H3;1-2H,(H,5,6)(H,7,8)/b;2-1+/t12-,13+;/m1./s1. The van der Waals surface area contributed by atoms with E-state index in [2.05, 4.69) is 0 Å². The lowest BCUT2D eigenvalue weighted by molar-refractivity contribution is -0.134. The van der Waals surface area contributed by atoms with Crippen LogP contribution in [0.25, 0.3) is 0 Å². The largest absolute Gasteiger partial charge is 0.478 e. The van der Waals surface area contributed by atoms with Gasteiger partial charge in [0.05, 0.1) is 6.04 Å². The highest BCUT2D eigenvalue weighted by atomic mass is 16.4. The lowest BCUT2D eigenvalue weighted by Crippen LogP contribution is -2.53. The monoisotopic (exact) mass is 336 g/mol. The molecule has 0 aliphatic heterocycles. The molecule has 0 spiro atoms. The number of aliphatic carboxylic acids is 2. The first kappa shape index (κ1) is 19.8. The lowest BCUT2D eigenvalue weighted by atomic mass is 9.75. The highest BCUT2D eigenvalue weighted by molar-refractivity contribution is 5.89. The third-order valence-corrected chi connectivity index (χ3v) is 3.97. The lowest BCUT2D eigenvalue weighted by Gasteiger charge is -2.43. The van der Waals surface area contributed by atoms with Crippen LogP contribution in [0.2, 0.25) is 0 Å². The number of nitrogens with two attached hydrogens (primary N) is 1. The van der Waals surface area contributed by atoms with Crippen LogP contribution in [0.3, 0.4) is 0 Å². The predicted molar refractivity (Wildman–Crippen MR) is 89.0 cm³/mol. The maximum absolute atomic E-state index is 10.9. The summed E-state index contributed by atoms with van der Waals surface area (Å²) in [6, 6.07) is 9.90. The van der Waals surface area contributed by atoms with Crippen LogP contribution >= 0.6 is 0 Å². The number of rotatable bonds is 4. The summed E-state index contributed by atoms with van der Waals surface area (Å²) in [5.41, 5.74) is 0.195. The van der Waals surface area contributed by atoms with Gasteiger partial charge in [0.25, 0.3) is 0 Å². The van der Waals surface area contributed by atoms with E-state index >= 15 is 0 Å². The Hall–Kier alpha value is -2.22. The van der Waals surface area contributed by atoms with Crippen molar-refractivity contribution >= 4 is 11.9 Å². The Morgan fingerprint density at radius 3 is 2.17 bits per heavy atom. The normalized spacial score (nSPS) is 23.6. The predicted octanol–water partition coefficient (Wildman–Crippen LogP) is 1.33. The molecule has 1 aliphatic rings. The summed E-state index contributed by atoms with van der Waals surface area (Å²) in [7, 11) is 1.84. The Morgan fingerprint density at radius 1 is 1.17 bits per heavy atom. The second-order valence-corrected chi connectivity index (χ2v) is 5.73. The van der Waals surface area contributed by atoms with Gasteiger partial charge >= 0.3 is 11.9 Å². The Labute approximate surface area is 141 Å². The fourth-order valence-corrected chi connectivity index (χ4v) is 2.88. The van der Waals surface area contributed by atoms with Gasteiger partial charge in [-0.05, 0) is 18.4 Å². The summed E-state index contributed by atoms with van der Waals surface area (Å²) in [5.74, 6) is 3.34. The van der Waals surface area contributed by atoms with Gasteiger partial charge in [0.2, 0.25) is 0 Å². The first-order valence-electron chi connectivity index (χ1n) is 7.66. The molecule has 1 fully saturated rings. The molecule has 1 aliphatic carbocycles. The van der Waals surface area contributed by atoms with Crippen molar-refractivity contribution in [2.24, 2.45) is 5.84 Å². The summed E-state index contributed by atoms with van der Waals surface area (Å²) in [4.78, 5) is 19.1. The molecular weight excluding hydrogens is 312 g/mol. The molecule has 0 saturated heterocycles. The number of carboxylic acids is 2. The van der Waals surface area contributed by atoms with Crippen LogP contribution in [0.4, 0.5) is 0 Å². The zero-order valence-corrected chi connectivity index (χ0v) is 13.6. The summed E-state index contributed by atoms with van der Waals surface area (Å²) >= 11 is 0. The van der Waals surface area contributed by atoms with E-state index in [0.717, 1.165) is 31.2 Å². The molecular formula is C17H24N2O5. The molecule has 7 heteroatoms. The van der Waals surface area contributed by atoms with Crippen LogP contribution in [0, 0.1) is 0 Å². The van der Waals surface area contributed by atoms with Crippen LogP contribution in [-0.2, 0) is 15.2 Å². The maximum atomic E-state index is 10.9. The van der Waals surface area contributed by atoms with Gasteiger partial charge in [0.15, 0.2) is 0 Å². The highest BCUT2D eigenvalue weighted by Gasteiger charge is 2.41. The van der Waals surface area contributed by atoms with E-state index < -0.39 is 17.5 Å². The highest BCUT2D eigenvalue weighted by Crippen LogP contribution is 2.38. The van der Waals surface area contributed by atoms with Crippen LogP contribution in [0.15, 0.2) is 42.5 Å². The van der Waals surface area contributed by atoms with Crippen molar-refractivity contribution in [1.29, 1.82) is 0 Å². The van der Waals surface area contributed by atoms with E-state index in [4.69, 9.17) is 16.1 Å². The molecule has 132 valence electrons. The summed E-state index contributed by atoms with van der Waals surface area (Å²) in [6.45, 7) is 0. The number of aliphatic hydroxyl groups is 1. The molecule has 0 unspecified atom stereocenters. The molecule has 24 heavy (non-hydrogen) atoms. The van der Waals surface area contributed by atoms with Crippen molar-refractivity contribution < 1.29 is 24.9 Å². The van der Waals surface area contributed by atoms with Crippen molar-refractivity contribution in [2.45, 2.75) is 37.3 Å². The first-order valence-corrected chi connectivity index (χ1v) is 7.66. The molecule has 1 saturated carbocycles. The Morgan fingerprint density at radius 2 is 1.71 bits per heavy atom. The van der Waals surface area contributed by atoms with Crippen LogP contribution < -0.4 is 5.84 Å². The molecule has 1 aromatic carbocycles. The summed E-state index contributed by atoms with van der Waals surface area (Å²) in [5, 5.41) is 28.1. The van der Waals surface area contributed by atoms with E-state index in [1.165, 1.54) is 0 Å². The van der Waals surface area contributed by atoms with Crippen LogP contribution in [-0.4, -0.2) is 45.4 Å². The van der Waals surface area contributed by atoms with Gasteiger partial charge in [-0.1, -0.05) is 43.2 Å². The maximum Gasteiger partial charge on any atom is 0.328 e. The molecule has 0 heterocycles. The van der Waals surface area contributed by atoms with E-state index in [-0.39, 0.29) is 6.04 Å². The zero-order chi connectivity index (χ0) is 18.2. The smallest absolute Gasteiger partial charge is 0.328 e. The molecule has 2 rings (SSSR count). The molecule has 2 atom stereocenters. The van der Waals surface area contributed by atoms with Gasteiger partial charge in [-0.2, -0.15) is 0 Å². The molecule has 1 aromatic rings. The van der Waals surface area contributed by atoms with Gasteiger partial charge in [0.1, 0.15) is 5.60 Å². The fraction of sp³-hybridized carbons (Fsp3) is 0.412. The number of hydrazine groups is 1. The Bertz CT molecular complexity index is 558. The molecule has 0 bridgehead atoms. The van der Waals surface area contributed by atoms with Gasteiger partial charge in [0, 0.05) is 19.2 Å². The third-order valence-electron chi connectivity index (χ3n) is 3.97. The average Bonchev–Trinajstić information content (AvgIpc) is 2.54. The number of carboxylic acid groups (broad SMARTS) is 2. The van der Waals surface area contributed by atoms with E-state index in [1.807, 2.05) is 37.4 Å². The number of carbonyl (C=O) groups is 2. The SMILES string of the molecule is CN(N)[C@@H]1CCCC[C@]1(O)c1ccccc1.O=C(O)/C=C/C(=O)O. The molecule has 0 radical (unpaired) electrons. The zero-order valence-electron chi connectivity index (χ0n) is 13.6. The van der Waals surface area contributed by atoms with Crippen LogP contribution in [0.5, 0.6) is 0 Å². The van der Waals surface area contributed by atoms with Gasteiger partial charge in [-0.3, -0.25) is 5.84 Å². The first-order chi connectivity index (χ1) is 11.3. The number of nitrogens with zero attached hydrogens (tertiary/aromatic N) is 1. The van der Waals surface area contributed by atoms with Gasteiger partial charge < -0.3 is 15.3 Å². The third kappa shape index (κ3) is 5.77. The van der Waals surface area contributed by atoms with Crippen molar-refractivity contribution in [3.8, 4) is 0 Å². The van der Waals surface area contributed by atoms with Crippen molar-refractivity contribution in [3.05, 3.63) is 48.0 Å². The summed E-state index contributed by atoms with van der Waals surface area (Å²) < 4.78 is 0. The fourth-order valence-electron chi connectivity index (χ4n) is 2.88. The number of likely N-dealkylation sites (N-methyl/N-ethyl adjacent to an activating group) is 1. The topological polar surface area (TPSA) is 124 Å². The van der Waals surface area contributed by atoms with Gasteiger partial charge in [-0.25, -0.2) is 14.6 Å². The number of benzene rings is 1. The molecule has 5 N–H and O–H groups in total. The Kier molecular flexibility index (Phi) is 7.57. The number of hydrogen-bond donors (Lipinski definition) is 4. The van der Waals surface area contributed by atoms with E-state index in [0.29, 0.717) is 12.2 Å². The number of hydrogen-bond acceptors (Lipinski definition) is 5. The van der Waals surface area contributed by atoms with E-state index in [1.54, 1.807) is 5.01 Å². The van der Waals surface area contributed by atoms with E-state index in [9.17, 15) is 14.7 Å². The summed E-state index contributed by atoms with van der Waals surface area (Å²) in [6.07, 6.45) is 5.07. The molecule has 0 amide bonds. The molecule has 7 nitrogen and oxygen atoms in total. The molecule has 0 aromatic heterocycles. The van der Waals surface area contributed by atoms with Gasteiger partial charge in [-0.15, -0.1) is 0 Å². The minimum atomic E-state index is -1.26. The van der Waals surface area contributed by atoms with Crippen molar-refractivity contribution in [2.75, 3.05) is 7.05 Å². The van der Waals surface area contributed by atoms with Crippen molar-refractivity contribution in [3.63, 3.8) is 0 Å².